The van der Waals surface area contributed by atoms with Crippen molar-refractivity contribution in [1.29, 1.82) is 0 Å². The van der Waals surface area contributed by atoms with Crippen molar-refractivity contribution in [3.8, 4) is 11.3 Å². The van der Waals surface area contributed by atoms with E-state index in [1.807, 2.05) is 45.1 Å². The standard InChI is InChI=1S/C15H16BClN4O/c1-9(8-22)19-14-6-13(10-4-2-3-5-12(10)17)20-15-11(16)7-18-21(14)15/h2-7,9,19,22H,8,16H2,1H3. The number of aromatic nitrogens is 3. The monoisotopic (exact) mass is 314 g/mol. The Labute approximate surface area is 134 Å². The molecule has 0 amide bonds. The van der Waals surface area contributed by atoms with Gasteiger partial charge in [0.05, 0.1) is 12.3 Å². The Bertz CT molecular complexity index is 820. The van der Waals surface area contributed by atoms with E-state index in [1.54, 1.807) is 10.7 Å². The van der Waals surface area contributed by atoms with Crippen molar-refractivity contribution in [2.45, 2.75) is 13.0 Å². The van der Waals surface area contributed by atoms with Crippen LogP contribution in [0.15, 0.2) is 36.5 Å². The average Bonchev–Trinajstić information content (AvgIpc) is 2.89. The number of nitrogens with zero attached hydrogens (tertiary/aromatic N) is 3. The molecule has 0 spiro atoms. The van der Waals surface area contributed by atoms with Gasteiger partial charge < -0.3 is 10.4 Å². The van der Waals surface area contributed by atoms with E-state index in [9.17, 15) is 5.11 Å². The number of aliphatic hydroxyl groups excluding tert-OH is 1. The molecule has 2 N–H and O–H groups in total. The van der Waals surface area contributed by atoms with Crippen LogP contribution in [0, 0.1) is 0 Å². The molecule has 0 aliphatic carbocycles. The number of anilines is 1. The quantitative estimate of drug-likeness (QED) is 0.708. The molecule has 0 aliphatic rings. The lowest BCUT2D eigenvalue weighted by Gasteiger charge is -2.15. The Morgan fingerprint density at radius 2 is 2.18 bits per heavy atom. The van der Waals surface area contributed by atoms with Crippen LogP contribution in [0.5, 0.6) is 0 Å². The third kappa shape index (κ3) is 2.67. The van der Waals surface area contributed by atoms with Crippen molar-refractivity contribution in [3.63, 3.8) is 0 Å². The largest absolute Gasteiger partial charge is 0.394 e. The van der Waals surface area contributed by atoms with Gasteiger partial charge in [-0.25, -0.2) is 4.98 Å². The van der Waals surface area contributed by atoms with Crippen molar-refractivity contribution >= 4 is 36.4 Å². The third-order valence-electron chi connectivity index (χ3n) is 3.47. The SMILES string of the molecule is Bc1cnn2c(NC(C)CO)cc(-c3ccccc3Cl)nc12. The van der Waals surface area contributed by atoms with E-state index in [-0.39, 0.29) is 12.6 Å². The second-order valence-corrected chi connectivity index (χ2v) is 5.70. The summed E-state index contributed by atoms with van der Waals surface area (Å²) in [6.45, 7) is 1.93. The van der Waals surface area contributed by atoms with Gasteiger partial charge in [0.25, 0.3) is 0 Å². The molecule has 0 aliphatic heterocycles. The van der Waals surface area contributed by atoms with Gasteiger partial charge in [-0.05, 0) is 18.5 Å². The van der Waals surface area contributed by atoms with E-state index in [0.29, 0.717) is 5.02 Å². The van der Waals surface area contributed by atoms with Gasteiger partial charge in [-0.3, -0.25) is 0 Å². The summed E-state index contributed by atoms with van der Waals surface area (Å²) in [7, 11) is 1.96. The number of halogens is 1. The summed E-state index contributed by atoms with van der Waals surface area (Å²) in [5, 5.41) is 17.5. The maximum absolute atomic E-state index is 9.27. The molecule has 1 aromatic carbocycles. The number of hydrogen-bond acceptors (Lipinski definition) is 4. The first-order chi connectivity index (χ1) is 10.6. The zero-order valence-electron chi connectivity index (χ0n) is 12.4. The first kappa shape index (κ1) is 14.9. The molecule has 1 atom stereocenters. The molecule has 0 saturated heterocycles. The van der Waals surface area contributed by atoms with Gasteiger partial charge in [-0.2, -0.15) is 9.61 Å². The molecule has 0 bridgehead atoms. The summed E-state index contributed by atoms with van der Waals surface area (Å²) in [5.41, 5.74) is 3.39. The fourth-order valence-electron chi connectivity index (χ4n) is 2.28. The minimum Gasteiger partial charge on any atom is -0.394 e. The number of rotatable bonds is 4. The molecule has 0 fully saturated rings. The number of nitrogens with one attached hydrogen (secondary N) is 1. The fraction of sp³-hybridized carbons (Fsp3) is 0.200. The highest BCUT2D eigenvalue weighted by molar-refractivity contribution is 6.36. The predicted octanol–water partition coefficient (Wildman–Crippen LogP) is 1.10. The lowest BCUT2D eigenvalue weighted by atomic mass is 10.0. The van der Waals surface area contributed by atoms with Gasteiger partial charge in [0, 0.05) is 28.9 Å². The maximum Gasteiger partial charge on any atom is 0.151 e. The Balaban J connectivity index is 2.19. The van der Waals surface area contributed by atoms with Gasteiger partial charge in [0.2, 0.25) is 0 Å². The van der Waals surface area contributed by atoms with Crippen LogP contribution in [0.1, 0.15) is 6.92 Å². The Morgan fingerprint density at radius 3 is 2.91 bits per heavy atom. The Hall–Kier alpha value is -2.05. The number of hydrogen-bond donors (Lipinski definition) is 2. The Morgan fingerprint density at radius 1 is 1.41 bits per heavy atom. The van der Waals surface area contributed by atoms with Gasteiger partial charge in [0.1, 0.15) is 13.7 Å². The second kappa shape index (κ2) is 5.98. The summed E-state index contributed by atoms with van der Waals surface area (Å²) < 4.78 is 1.74. The normalized spacial score (nSPS) is 12.5. The van der Waals surface area contributed by atoms with Gasteiger partial charge in [0.15, 0.2) is 5.65 Å². The smallest absolute Gasteiger partial charge is 0.151 e. The number of fused-ring (bicyclic) bond motifs is 1. The zero-order chi connectivity index (χ0) is 15.7. The van der Waals surface area contributed by atoms with E-state index in [2.05, 4.69) is 15.4 Å². The zero-order valence-corrected chi connectivity index (χ0v) is 13.2. The van der Waals surface area contributed by atoms with Crippen molar-refractivity contribution in [2.24, 2.45) is 0 Å². The van der Waals surface area contributed by atoms with Crippen LogP contribution in [0.3, 0.4) is 0 Å². The van der Waals surface area contributed by atoms with Crippen LogP contribution in [0.25, 0.3) is 16.9 Å². The van der Waals surface area contributed by atoms with Gasteiger partial charge in [-0.15, -0.1) is 0 Å². The summed E-state index contributed by atoms with van der Waals surface area (Å²) in [4.78, 5) is 4.67. The molecule has 2 heterocycles. The minimum absolute atomic E-state index is 0.0332. The van der Waals surface area contributed by atoms with E-state index >= 15 is 0 Å². The molecular formula is C15H16BClN4O. The summed E-state index contributed by atoms with van der Waals surface area (Å²) in [5.74, 6) is 0.773. The summed E-state index contributed by atoms with van der Waals surface area (Å²) >= 11 is 6.29. The van der Waals surface area contributed by atoms with E-state index < -0.39 is 0 Å². The first-order valence-electron chi connectivity index (χ1n) is 7.08. The molecule has 0 saturated carbocycles. The molecule has 2 aromatic heterocycles. The van der Waals surface area contributed by atoms with Crippen molar-refractivity contribution in [3.05, 3.63) is 41.6 Å². The van der Waals surface area contributed by atoms with Crippen LogP contribution >= 0.6 is 11.6 Å². The van der Waals surface area contributed by atoms with E-state index in [1.165, 1.54) is 0 Å². The molecule has 1 unspecified atom stereocenters. The third-order valence-corrected chi connectivity index (χ3v) is 3.80. The topological polar surface area (TPSA) is 62.5 Å². The molecule has 7 heteroatoms. The van der Waals surface area contributed by atoms with Crippen LogP contribution < -0.4 is 10.8 Å². The van der Waals surface area contributed by atoms with Gasteiger partial charge in [-0.1, -0.05) is 29.8 Å². The van der Waals surface area contributed by atoms with Crippen molar-refractivity contribution < 1.29 is 5.11 Å². The second-order valence-electron chi connectivity index (χ2n) is 5.30. The fourth-order valence-corrected chi connectivity index (χ4v) is 2.51. The highest BCUT2D eigenvalue weighted by Crippen LogP contribution is 2.28. The van der Waals surface area contributed by atoms with E-state index in [0.717, 1.165) is 28.2 Å². The highest BCUT2D eigenvalue weighted by Gasteiger charge is 2.13. The first-order valence-corrected chi connectivity index (χ1v) is 7.45. The maximum atomic E-state index is 9.27. The van der Waals surface area contributed by atoms with Crippen LogP contribution in [0.2, 0.25) is 5.02 Å². The molecule has 112 valence electrons. The molecule has 5 nitrogen and oxygen atoms in total. The van der Waals surface area contributed by atoms with Crippen LogP contribution in [-0.4, -0.2) is 40.2 Å². The van der Waals surface area contributed by atoms with Crippen LogP contribution in [0.4, 0.5) is 5.82 Å². The molecule has 3 rings (SSSR count). The van der Waals surface area contributed by atoms with E-state index in [4.69, 9.17) is 11.6 Å². The number of benzene rings is 1. The predicted molar refractivity (Wildman–Crippen MR) is 91.8 cm³/mol. The summed E-state index contributed by atoms with van der Waals surface area (Å²) in [6.07, 6.45) is 1.77. The molecule has 22 heavy (non-hydrogen) atoms. The Kier molecular flexibility index (Phi) is 4.05. The lowest BCUT2D eigenvalue weighted by molar-refractivity contribution is 0.281. The number of aliphatic hydroxyl groups is 1. The van der Waals surface area contributed by atoms with Crippen LogP contribution in [-0.2, 0) is 0 Å². The van der Waals surface area contributed by atoms with Crippen molar-refractivity contribution in [1.82, 2.24) is 14.6 Å². The molecule has 3 aromatic rings. The van der Waals surface area contributed by atoms with Crippen molar-refractivity contribution in [2.75, 3.05) is 11.9 Å². The lowest BCUT2D eigenvalue weighted by Crippen LogP contribution is -2.21. The minimum atomic E-state index is -0.0887. The van der Waals surface area contributed by atoms with Gasteiger partial charge >= 0.3 is 0 Å². The summed E-state index contributed by atoms with van der Waals surface area (Å²) in [6, 6.07) is 9.41. The molecule has 0 radical (unpaired) electrons. The highest BCUT2D eigenvalue weighted by atomic mass is 35.5. The average molecular weight is 315 g/mol. The molecular weight excluding hydrogens is 298 g/mol.